The number of nitrogens with zero attached hydrogens (tertiary/aromatic N) is 2. The first-order valence-electron chi connectivity index (χ1n) is 23.3. The van der Waals surface area contributed by atoms with Crippen molar-refractivity contribution in [2.45, 2.75) is 92.5 Å². The Balaban J connectivity index is 0.000000392. The van der Waals surface area contributed by atoms with Crippen molar-refractivity contribution >= 4 is 26.5 Å². The molecule has 7 rings (SSSR count). The average molecular weight is 992 g/mol. The topological polar surface area (TPSA) is 25.8 Å². The molecule has 0 fully saturated rings. The number of benzene rings is 5. The van der Waals surface area contributed by atoms with E-state index in [1.807, 2.05) is 79.0 Å². The third kappa shape index (κ3) is 11.0. The molecule has 7 aromatic rings. The molecule has 1 radical (unpaired) electrons. The molecule has 5 aromatic carbocycles. The minimum Gasteiger partial charge on any atom is -0.305 e. The molecule has 2 heterocycles. The summed E-state index contributed by atoms with van der Waals surface area (Å²) in [5.41, 5.74) is 11.1. The zero-order chi connectivity index (χ0) is 46.8. The molecule has 0 bridgehead atoms. The van der Waals surface area contributed by atoms with Gasteiger partial charge in [-0.1, -0.05) is 151 Å². The van der Waals surface area contributed by atoms with Crippen LogP contribution >= 0.6 is 0 Å². The van der Waals surface area contributed by atoms with Crippen molar-refractivity contribution in [2.75, 3.05) is 0 Å². The number of aryl methyl sites for hydroxylation is 2. The molecular weight excluding hydrogens is 925 g/mol. The van der Waals surface area contributed by atoms with E-state index in [0.717, 1.165) is 49.8 Å². The number of rotatable bonds is 9. The molecular formula is C54H60IrN2Si2-2. The first kappa shape index (κ1) is 37.5. The van der Waals surface area contributed by atoms with Crippen LogP contribution in [0.15, 0.2) is 134 Å². The summed E-state index contributed by atoms with van der Waals surface area (Å²) in [5, 5.41) is 2.49. The van der Waals surface area contributed by atoms with Gasteiger partial charge in [-0.05, 0) is 92.2 Å². The van der Waals surface area contributed by atoms with E-state index < -0.39 is 29.9 Å². The summed E-state index contributed by atoms with van der Waals surface area (Å²) in [7, 11) is -2.98. The van der Waals surface area contributed by atoms with E-state index in [9.17, 15) is 0 Å². The molecule has 0 saturated heterocycles. The predicted octanol–water partition coefficient (Wildman–Crippen LogP) is 14.1. The van der Waals surface area contributed by atoms with Crippen LogP contribution in [0.25, 0.3) is 55.9 Å². The molecule has 5 heteroatoms. The van der Waals surface area contributed by atoms with E-state index in [4.69, 9.17) is 8.22 Å². The second-order valence-corrected chi connectivity index (χ2v) is 27.9. The van der Waals surface area contributed by atoms with Gasteiger partial charge in [-0.3, -0.25) is 0 Å². The molecule has 2 nitrogen and oxygen atoms in total. The Morgan fingerprint density at radius 3 is 1.71 bits per heavy atom. The number of hydrogen-bond donors (Lipinski definition) is 0. The van der Waals surface area contributed by atoms with Crippen molar-refractivity contribution in [1.82, 2.24) is 9.97 Å². The van der Waals surface area contributed by atoms with Crippen LogP contribution in [0.5, 0.6) is 0 Å². The molecule has 0 aliphatic carbocycles. The molecule has 0 spiro atoms. The fourth-order valence-corrected chi connectivity index (χ4v) is 9.31. The van der Waals surface area contributed by atoms with Crippen molar-refractivity contribution in [3.63, 3.8) is 0 Å². The van der Waals surface area contributed by atoms with Gasteiger partial charge in [0, 0.05) is 40.7 Å². The van der Waals surface area contributed by atoms with Crippen LogP contribution < -0.4 is 10.4 Å². The summed E-state index contributed by atoms with van der Waals surface area (Å²) in [5.74, 6) is 0.240. The SMILES string of the molecule is C[Si](C)(C)c1ccc(-c2[c-]cccc2)nc1.[2H]C([2H])([2H])c1cc([Si](C)(C)C)ccc1-c1cc[c-]c(-c2cc(-c3c(C(C)C)cc(-c4ccccc4)cc3C(C)C)c(C([2H])([2H])[2H])cn2)c1.[Ir]. The molecule has 0 atom stereocenters. The van der Waals surface area contributed by atoms with Gasteiger partial charge in [0.15, 0.2) is 0 Å². The van der Waals surface area contributed by atoms with Gasteiger partial charge in [-0.25, -0.2) is 0 Å². The molecule has 0 aliphatic heterocycles. The Hall–Kier alpha value is -4.52. The van der Waals surface area contributed by atoms with Crippen LogP contribution in [0, 0.1) is 25.8 Å². The van der Waals surface area contributed by atoms with Crippen LogP contribution in [0.3, 0.4) is 0 Å². The largest absolute Gasteiger partial charge is 0.305 e. The number of aromatic nitrogens is 2. The van der Waals surface area contributed by atoms with E-state index in [2.05, 4.69) is 132 Å². The van der Waals surface area contributed by atoms with Crippen molar-refractivity contribution in [1.29, 1.82) is 0 Å². The molecule has 0 saturated carbocycles. The maximum atomic E-state index is 8.50. The Morgan fingerprint density at radius 1 is 0.508 bits per heavy atom. The summed E-state index contributed by atoms with van der Waals surface area (Å²) in [6.45, 7) is 17.5. The normalized spacial score (nSPS) is 13.5. The van der Waals surface area contributed by atoms with Crippen LogP contribution in [0.1, 0.15) is 70.0 Å². The first-order chi connectivity index (χ1) is 29.9. The Bertz CT molecular complexity index is 2670. The zero-order valence-electron chi connectivity index (χ0n) is 42.1. The summed E-state index contributed by atoms with van der Waals surface area (Å²) >= 11 is 0. The molecule has 2 aromatic heterocycles. The third-order valence-corrected chi connectivity index (χ3v) is 14.7. The average Bonchev–Trinajstić information content (AvgIpc) is 3.25. The first-order valence-corrected chi connectivity index (χ1v) is 27.3. The van der Waals surface area contributed by atoms with Gasteiger partial charge in [0.1, 0.15) is 0 Å². The predicted molar refractivity (Wildman–Crippen MR) is 257 cm³/mol. The van der Waals surface area contributed by atoms with Crippen molar-refractivity contribution in [3.05, 3.63) is 168 Å². The molecule has 0 amide bonds. The fourth-order valence-electron chi connectivity index (χ4n) is 7.11. The smallest absolute Gasteiger partial charge is 0.0795 e. The van der Waals surface area contributed by atoms with Gasteiger partial charge >= 0.3 is 0 Å². The zero-order valence-corrected chi connectivity index (χ0v) is 40.5. The maximum Gasteiger partial charge on any atom is 0.0795 e. The Labute approximate surface area is 379 Å². The number of pyridine rings is 2. The second kappa shape index (κ2) is 19.2. The fraction of sp³-hybridized carbons (Fsp3) is 0.259. The molecule has 0 unspecified atom stereocenters. The molecule has 59 heavy (non-hydrogen) atoms. The third-order valence-electron chi connectivity index (χ3n) is 10.6. The van der Waals surface area contributed by atoms with E-state index >= 15 is 0 Å². The quantitative estimate of drug-likeness (QED) is 0.106. The summed E-state index contributed by atoms with van der Waals surface area (Å²) in [6, 6.07) is 46.6. The molecule has 0 aliphatic rings. The summed E-state index contributed by atoms with van der Waals surface area (Å²) < 4.78 is 50.5. The van der Waals surface area contributed by atoms with Gasteiger partial charge < -0.3 is 9.97 Å². The van der Waals surface area contributed by atoms with E-state index in [-0.39, 0.29) is 37.5 Å². The van der Waals surface area contributed by atoms with E-state index in [0.29, 0.717) is 27.9 Å². The van der Waals surface area contributed by atoms with Crippen LogP contribution in [-0.2, 0) is 20.1 Å². The van der Waals surface area contributed by atoms with Crippen molar-refractivity contribution in [2.24, 2.45) is 0 Å². The summed E-state index contributed by atoms with van der Waals surface area (Å²) in [4.78, 5) is 9.19. The van der Waals surface area contributed by atoms with Crippen LogP contribution in [0.4, 0.5) is 0 Å². The van der Waals surface area contributed by atoms with Gasteiger partial charge in [-0.15, -0.1) is 71.3 Å². The minimum atomic E-state index is -2.39. The minimum absolute atomic E-state index is 0. The van der Waals surface area contributed by atoms with Gasteiger partial charge in [0.2, 0.25) is 0 Å². The van der Waals surface area contributed by atoms with E-state index in [1.54, 1.807) is 6.07 Å². The Kier molecular flexibility index (Phi) is 12.2. The monoisotopic (exact) mass is 991 g/mol. The van der Waals surface area contributed by atoms with Gasteiger partial charge in [0.25, 0.3) is 0 Å². The van der Waals surface area contributed by atoms with Crippen molar-refractivity contribution in [3.8, 4) is 55.9 Å². The van der Waals surface area contributed by atoms with Crippen LogP contribution in [-0.4, -0.2) is 26.1 Å². The number of hydrogen-bond acceptors (Lipinski definition) is 2. The summed E-state index contributed by atoms with van der Waals surface area (Å²) in [6.07, 6.45) is 3.50. The second-order valence-electron chi connectivity index (χ2n) is 17.8. The van der Waals surface area contributed by atoms with Gasteiger partial charge in [-0.2, -0.15) is 0 Å². The van der Waals surface area contributed by atoms with E-state index in [1.165, 1.54) is 11.4 Å². The Morgan fingerprint density at radius 2 is 1.14 bits per heavy atom. The maximum absolute atomic E-state index is 8.50. The van der Waals surface area contributed by atoms with Crippen LogP contribution in [0.2, 0.25) is 39.3 Å². The molecule has 0 N–H and O–H groups in total. The van der Waals surface area contributed by atoms with Gasteiger partial charge in [0.05, 0.1) is 16.1 Å². The standard InChI is InChI=1S/C40H44NSi.C14H16NSi.Ir/c1-26(2)36-22-33(30-14-11-10-12-15-30)23-37(27(3)4)40(36)38-24-39(41-25-29(38)6)32-17-13-16-31(21-32)35-19-18-34(20-28(35)5)42(7,8)9;1-16(2,3)13-9-10-14(15-11-13)12-7-5-4-6-8-12;/h10-16,18-27H,1-9H3;4-7,9-11H,1-3H3;/q2*-1;/i5D3,6D3;;. The van der Waals surface area contributed by atoms with Crippen molar-refractivity contribution < 1.29 is 28.3 Å². The molecule has 305 valence electrons.